The fraction of sp³-hybridized carbons (Fsp3) is 0.348. The molecule has 1 unspecified atom stereocenters. The Morgan fingerprint density at radius 2 is 1.79 bits per heavy atom. The van der Waals surface area contributed by atoms with E-state index in [1.807, 2.05) is 19.1 Å². The summed E-state index contributed by atoms with van der Waals surface area (Å²) >= 11 is 1.63. The van der Waals surface area contributed by atoms with Crippen molar-refractivity contribution < 1.29 is 5.11 Å². The second-order valence-corrected chi connectivity index (χ2v) is 8.40. The predicted molar refractivity (Wildman–Crippen MR) is 123 cm³/mol. The summed E-state index contributed by atoms with van der Waals surface area (Å²) in [6, 6.07) is 18.7. The highest BCUT2D eigenvalue weighted by Gasteiger charge is 2.12. The van der Waals surface area contributed by atoms with Crippen LogP contribution in [0.3, 0.4) is 0 Å². The van der Waals surface area contributed by atoms with Crippen molar-refractivity contribution >= 4 is 27.4 Å². The number of hydrogen-bond donors (Lipinski definition) is 3. The zero-order chi connectivity index (χ0) is 20.6. The van der Waals surface area contributed by atoms with Crippen molar-refractivity contribution in [2.45, 2.75) is 26.1 Å². The van der Waals surface area contributed by atoms with E-state index in [1.54, 1.807) is 11.3 Å². The molecule has 0 aliphatic carbocycles. The van der Waals surface area contributed by atoms with Crippen molar-refractivity contribution in [3.63, 3.8) is 0 Å². The molecule has 6 heteroatoms. The van der Waals surface area contributed by atoms with Gasteiger partial charge in [0.1, 0.15) is 6.10 Å². The van der Waals surface area contributed by atoms with E-state index in [1.165, 1.54) is 21.2 Å². The van der Waals surface area contributed by atoms with Crippen molar-refractivity contribution in [1.29, 1.82) is 0 Å². The minimum absolute atomic E-state index is 0.415. The molecule has 0 spiro atoms. The number of hydrogen-bond acceptors (Lipinski definition) is 4. The van der Waals surface area contributed by atoms with Gasteiger partial charge >= 0.3 is 0 Å². The Morgan fingerprint density at radius 3 is 2.52 bits per heavy atom. The van der Waals surface area contributed by atoms with E-state index >= 15 is 0 Å². The molecule has 3 aromatic rings. The third kappa shape index (κ3) is 6.03. The average molecular weight is 411 g/mol. The number of benzene rings is 2. The number of aliphatic hydroxyl groups excluding tert-OH is 1. The number of nitrogens with zero attached hydrogens (tertiary/aromatic N) is 2. The summed E-state index contributed by atoms with van der Waals surface area (Å²) in [4.78, 5) is 7.85. The molecular weight excluding hydrogens is 380 g/mol. The van der Waals surface area contributed by atoms with Crippen LogP contribution in [-0.4, -0.2) is 43.2 Å². The van der Waals surface area contributed by atoms with Crippen LogP contribution in [0.4, 0.5) is 0 Å². The van der Waals surface area contributed by atoms with Gasteiger partial charge in [-0.05, 0) is 49.7 Å². The van der Waals surface area contributed by atoms with Crippen LogP contribution >= 0.6 is 11.3 Å². The minimum atomic E-state index is -0.572. The number of nitrogens with one attached hydrogen (secondary N) is 2. The number of rotatable bonds is 8. The fourth-order valence-electron chi connectivity index (χ4n) is 3.17. The number of aliphatic hydroxyl groups is 1. The van der Waals surface area contributed by atoms with Crippen LogP contribution in [0.25, 0.3) is 10.1 Å². The normalized spacial score (nSPS) is 13.1. The molecule has 0 aliphatic rings. The van der Waals surface area contributed by atoms with E-state index in [0.717, 1.165) is 18.0 Å². The molecule has 0 radical (unpaired) electrons. The van der Waals surface area contributed by atoms with Crippen molar-refractivity contribution in [2.75, 3.05) is 27.2 Å². The Balaban J connectivity index is 1.65. The van der Waals surface area contributed by atoms with Gasteiger partial charge in [-0.15, -0.1) is 11.3 Å². The second-order valence-electron chi connectivity index (χ2n) is 7.28. The van der Waals surface area contributed by atoms with Gasteiger partial charge in [0.25, 0.3) is 0 Å². The summed E-state index contributed by atoms with van der Waals surface area (Å²) in [5.74, 6) is 0.715. The lowest BCUT2D eigenvalue weighted by Gasteiger charge is -2.16. The maximum Gasteiger partial charge on any atom is 0.191 e. The summed E-state index contributed by atoms with van der Waals surface area (Å²) in [6.45, 7) is 4.71. The van der Waals surface area contributed by atoms with E-state index in [9.17, 15) is 5.11 Å². The summed E-state index contributed by atoms with van der Waals surface area (Å²) in [5, 5.41) is 18.3. The molecule has 3 rings (SSSR count). The quantitative estimate of drug-likeness (QED) is 0.391. The Hall–Kier alpha value is -2.41. The first-order chi connectivity index (χ1) is 14.1. The zero-order valence-electron chi connectivity index (χ0n) is 17.4. The molecular formula is C23H30N4OS. The van der Waals surface area contributed by atoms with Gasteiger partial charge in [-0.3, -0.25) is 0 Å². The topological polar surface area (TPSA) is 59.9 Å². The van der Waals surface area contributed by atoms with Crippen LogP contribution in [0.1, 0.15) is 29.0 Å². The first kappa shape index (κ1) is 21.3. The molecule has 154 valence electrons. The van der Waals surface area contributed by atoms with Gasteiger partial charge in [-0.2, -0.15) is 0 Å². The predicted octanol–water partition coefficient (Wildman–Crippen LogP) is 3.75. The van der Waals surface area contributed by atoms with E-state index in [0.29, 0.717) is 19.0 Å². The molecule has 1 atom stereocenters. The molecule has 0 saturated heterocycles. The number of thiophene rings is 1. The Labute approximate surface area is 177 Å². The number of fused-ring (bicyclic) bond motifs is 1. The lowest BCUT2D eigenvalue weighted by molar-refractivity contribution is 0.184. The van der Waals surface area contributed by atoms with E-state index in [4.69, 9.17) is 4.99 Å². The molecule has 1 aromatic heterocycles. The smallest absolute Gasteiger partial charge is 0.191 e. The molecule has 5 nitrogen and oxygen atoms in total. The third-order valence-corrected chi connectivity index (χ3v) is 5.81. The van der Waals surface area contributed by atoms with Crippen LogP contribution < -0.4 is 10.6 Å². The van der Waals surface area contributed by atoms with Gasteiger partial charge in [-0.25, -0.2) is 4.99 Å². The Kier molecular flexibility index (Phi) is 7.63. The number of aliphatic imine (C=N–C) groups is 1. The van der Waals surface area contributed by atoms with Crippen LogP contribution in [0.5, 0.6) is 0 Å². The first-order valence-electron chi connectivity index (χ1n) is 9.97. The highest BCUT2D eigenvalue weighted by atomic mass is 32.1. The SMILES string of the molecule is CCNC(=NCc1ccccc1CN(C)C)NCC(O)c1cc2ccccc2s1. The standard InChI is InChI=1S/C23H30N4OS/c1-4-24-23(25-14-18-10-5-6-11-19(18)16-27(2)3)26-15-20(28)22-13-17-9-7-8-12-21(17)29-22/h5-13,20,28H,4,14-16H2,1-3H3,(H2,24,25,26). The summed E-state index contributed by atoms with van der Waals surface area (Å²) < 4.78 is 1.19. The van der Waals surface area contributed by atoms with E-state index in [-0.39, 0.29) is 0 Å². The minimum Gasteiger partial charge on any atom is -0.386 e. The van der Waals surface area contributed by atoms with Crippen LogP contribution in [0.15, 0.2) is 59.6 Å². The lowest BCUT2D eigenvalue weighted by atomic mass is 10.1. The lowest BCUT2D eigenvalue weighted by Crippen LogP contribution is -2.39. The summed E-state index contributed by atoms with van der Waals surface area (Å²) in [5.41, 5.74) is 2.49. The molecule has 0 aliphatic heterocycles. The highest BCUT2D eigenvalue weighted by molar-refractivity contribution is 7.19. The van der Waals surface area contributed by atoms with Crippen molar-refractivity contribution in [2.24, 2.45) is 4.99 Å². The molecule has 0 saturated carbocycles. The zero-order valence-corrected chi connectivity index (χ0v) is 18.2. The first-order valence-corrected chi connectivity index (χ1v) is 10.8. The third-order valence-electron chi connectivity index (χ3n) is 4.59. The maximum atomic E-state index is 10.6. The van der Waals surface area contributed by atoms with E-state index < -0.39 is 6.10 Å². The monoisotopic (exact) mass is 410 g/mol. The summed E-state index contributed by atoms with van der Waals surface area (Å²) in [6.07, 6.45) is -0.572. The molecule has 29 heavy (non-hydrogen) atoms. The Morgan fingerprint density at radius 1 is 1.07 bits per heavy atom. The van der Waals surface area contributed by atoms with Crippen molar-refractivity contribution in [1.82, 2.24) is 15.5 Å². The molecule has 2 aromatic carbocycles. The van der Waals surface area contributed by atoms with Crippen molar-refractivity contribution in [3.8, 4) is 0 Å². The molecule has 0 amide bonds. The maximum absolute atomic E-state index is 10.6. The van der Waals surface area contributed by atoms with E-state index in [2.05, 4.69) is 72.1 Å². The van der Waals surface area contributed by atoms with Gasteiger partial charge in [0.2, 0.25) is 0 Å². The fourth-order valence-corrected chi connectivity index (χ4v) is 4.22. The molecule has 0 bridgehead atoms. The number of guanidine groups is 1. The van der Waals surface area contributed by atoms with Crippen LogP contribution in [-0.2, 0) is 13.1 Å². The van der Waals surface area contributed by atoms with Gasteiger partial charge in [-0.1, -0.05) is 42.5 Å². The van der Waals surface area contributed by atoms with Gasteiger partial charge in [0.15, 0.2) is 5.96 Å². The summed E-state index contributed by atoms with van der Waals surface area (Å²) in [7, 11) is 4.14. The molecule has 0 fully saturated rings. The molecule has 1 heterocycles. The second kappa shape index (κ2) is 10.4. The van der Waals surface area contributed by atoms with Gasteiger partial charge in [0, 0.05) is 29.2 Å². The van der Waals surface area contributed by atoms with Crippen LogP contribution in [0, 0.1) is 0 Å². The largest absolute Gasteiger partial charge is 0.386 e. The Bertz CT molecular complexity index is 918. The van der Waals surface area contributed by atoms with Gasteiger partial charge < -0.3 is 20.6 Å². The van der Waals surface area contributed by atoms with Gasteiger partial charge in [0.05, 0.1) is 6.54 Å². The van der Waals surface area contributed by atoms with Crippen molar-refractivity contribution in [3.05, 3.63) is 70.6 Å². The average Bonchev–Trinajstić information content (AvgIpc) is 3.15. The van der Waals surface area contributed by atoms with Crippen LogP contribution in [0.2, 0.25) is 0 Å². The molecule has 3 N–H and O–H groups in total. The highest BCUT2D eigenvalue weighted by Crippen LogP contribution is 2.29.